The first-order valence-electron chi connectivity index (χ1n) is 11.2. The maximum absolute atomic E-state index is 12.2. The van der Waals surface area contributed by atoms with Crippen LogP contribution in [-0.4, -0.2) is 31.0 Å². The van der Waals surface area contributed by atoms with Gasteiger partial charge in [-0.15, -0.1) is 0 Å². The largest absolute Gasteiger partial charge is 0.494 e. The number of carbonyl (C=O) groups excluding carboxylic acids is 2. The summed E-state index contributed by atoms with van der Waals surface area (Å²) in [5.41, 5.74) is 2.09. The van der Waals surface area contributed by atoms with Gasteiger partial charge in [0.05, 0.1) is 13.2 Å². The van der Waals surface area contributed by atoms with Gasteiger partial charge in [-0.2, -0.15) is 0 Å². The molecule has 0 bridgehead atoms. The van der Waals surface area contributed by atoms with E-state index in [-0.39, 0.29) is 24.4 Å². The average Bonchev–Trinajstić information content (AvgIpc) is 2.76. The molecule has 0 aliphatic heterocycles. The van der Waals surface area contributed by atoms with Crippen LogP contribution in [0.4, 0.5) is 11.4 Å². The molecular formula is C25H35N3O3. The monoisotopic (exact) mass is 425 g/mol. The Morgan fingerprint density at radius 1 is 0.871 bits per heavy atom. The molecule has 0 aliphatic rings. The molecule has 0 unspecified atom stereocenters. The van der Waals surface area contributed by atoms with Crippen molar-refractivity contribution >= 4 is 23.2 Å². The molecule has 0 aliphatic carbocycles. The van der Waals surface area contributed by atoms with E-state index in [0.717, 1.165) is 30.2 Å². The van der Waals surface area contributed by atoms with Crippen molar-refractivity contribution in [2.24, 2.45) is 0 Å². The van der Waals surface area contributed by atoms with Gasteiger partial charge >= 0.3 is 0 Å². The van der Waals surface area contributed by atoms with Crippen LogP contribution in [0.25, 0.3) is 0 Å². The quantitative estimate of drug-likeness (QED) is 0.384. The molecule has 2 aromatic rings. The molecule has 0 heterocycles. The Labute approximate surface area is 185 Å². The molecule has 2 aromatic carbocycles. The Morgan fingerprint density at radius 3 is 2.16 bits per heavy atom. The van der Waals surface area contributed by atoms with Gasteiger partial charge in [-0.05, 0) is 68.8 Å². The SMILES string of the molecule is CCCCCCCOc1ccc(NC(=O)CNc2ccc(C(=O)NC(C)C)cc2)cc1. The minimum atomic E-state index is -0.147. The van der Waals surface area contributed by atoms with Crippen molar-refractivity contribution in [3.05, 3.63) is 54.1 Å². The van der Waals surface area contributed by atoms with Crippen molar-refractivity contribution in [1.29, 1.82) is 0 Å². The summed E-state index contributed by atoms with van der Waals surface area (Å²) in [6, 6.07) is 14.6. The number of nitrogens with one attached hydrogen (secondary N) is 3. The smallest absolute Gasteiger partial charge is 0.251 e. The third-order valence-corrected chi connectivity index (χ3v) is 4.67. The molecule has 6 nitrogen and oxygen atoms in total. The highest BCUT2D eigenvalue weighted by Gasteiger charge is 2.07. The zero-order valence-corrected chi connectivity index (χ0v) is 18.9. The maximum Gasteiger partial charge on any atom is 0.251 e. The number of rotatable bonds is 13. The summed E-state index contributed by atoms with van der Waals surface area (Å²) in [4.78, 5) is 24.2. The number of ether oxygens (including phenoxy) is 1. The topological polar surface area (TPSA) is 79.5 Å². The van der Waals surface area contributed by atoms with Crippen molar-refractivity contribution in [2.75, 3.05) is 23.8 Å². The highest BCUT2D eigenvalue weighted by molar-refractivity contribution is 5.95. The van der Waals surface area contributed by atoms with Crippen molar-refractivity contribution in [3.63, 3.8) is 0 Å². The van der Waals surface area contributed by atoms with Crippen molar-refractivity contribution in [3.8, 4) is 5.75 Å². The Kier molecular flexibility index (Phi) is 10.4. The predicted octanol–water partition coefficient (Wildman–Crippen LogP) is 5.22. The second kappa shape index (κ2) is 13.3. The number of hydrogen-bond donors (Lipinski definition) is 3. The number of carbonyl (C=O) groups is 2. The van der Waals surface area contributed by atoms with Gasteiger partial charge < -0.3 is 20.7 Å². The second-order valence-electron chi connectivity index (χ2n) is 7.89. The molecule has 0 saturated carbocycles. The Morgan fingerprint density at radius 2 is 1.52 bits per heavy atom. The van der Waals surface area contributed by atoms with Crippen molar-refractivity contribution in [1.82, 2.24) is 5.32 Å². The van der Waals surface area contributed by atoms with E-state index in [1.165, 1.54) is 25.7 Å². The lowest BCUT2D eigenvalue weighted by Crippen LogP contribution is -2.30. The fraction of sp³-hybridized carbons (Fsp3) is 0.440. The molecule has 168 valence electrons. The number of amides is 2. The normalized spacial score (nSPS) is 10.6. The predicted molar refractivity (Wildman–Crippen MR) is 127 cm³/mol. The van der Waals surface area contributed by atoms with E-state index in [1.54, 1.807) is 24.3 Å². The van der Waals surface area contributed by atoms with Crippen LogP contribution in [0.1, 0.15) is 63.2 Å². The lowest BCUT2D eigenvalue weighted by molar-refractivity contribution is -0.114. The van der Waals surface area contributed by atoms with Crippen LogP contribution < -0.4 is 20.7 Å². The summed E-state index contributed by atoms with van der Waals surface area (Å²) in [5, 5.41) is 8.77. The molecule has 0 spiro atoms. The zero-order chi connectivity index (χ0) is 22.5. The molecular weight excluding hydrogens is 390 g/mol. The van der Waals surface area contributed by atoms with Gasteiger partial charge in [0.2, 0.25) is 5.91 Å². The van der Waals surface area contributed by atoms with Crippen LogP contribution >= 0.6 is 0 Å². The summed E-state index contributed by atoms with van der Waals surface area (Å²) in [6.07, 6.45) is 6.05. The molecule has 2 rings (SSSR count). The summed E-state index contributed by atoms with van der Waals surface area (Å²) >= 11 is 0. The highest BCUT2D eigenvalue weighted by Crippen LogP contribution is 2.16. The number of hydrogen-bond acceptors (Lipinski definition) is 4. The fourth-order valence-electron chi connectivity index (χ4n) is 3.00. The number of benzene rings is 2. The van der Waals surface area contributed by atoms with Crippen LogP contribution in [0.3, 0.4) is 0 Å². The average molecular weight is 426 g/mol. The molecule has 2 amide bonds. The van der Waals surface area contributed by atoms with E-state index < -0.39 is 0 Å². The van der Waals surface area contributed by atoms with Crippen LogP contribution in [0.15, 0.2) is 48.5 Å². The van der Waals surface area contributed by atoms with Gasteiger partial charge in [0, 0.05) is 23.0 Å². The Balaban J connectivity index is 1.70. The summed E-state index contributed by atoms with van der Waals surface area (Å²) in [5.74, 6) is 0.558. The van der Waals surface area contributed by atoms with Gasteiger partial charge in [-0.3, -0.25) is 9.59 Å². The van der Waals surface area contributed by atoms with Crippen molar-refractivity contribution < 1.29 is 14.3 Å². The van der Waals surface area contributed by atoms with Crippen LogP contribution in [0.2, 0.25) is 0 Å². The summed E-state index contributed by atoms with van der Waals surface area (Å²) in [6.45, 7) is 6.90. The first-order valence-corrected chi connectivity index (χ1v) is 11.2. The first kappa shape index (κ1) is 24.3. The molecule has 0 aromatic heterocycles. The lowest BCUT2D eigenvalue weighted by atomic mass is 10.2. The molecule has 31 heavy (non-hydrogen) atoms. The van der Waals surface area contributed by atoms with Gasteiger partial charge in [0.25, 0.3) is 5.91 Å². The standard InChI is InChI=1S/C25H35N3O3/c1-4-5-6-7-8-17-31-23-15-13-22(14-16-23)28-24(29)18-26-21-11-9-20(10-12-21)25(30)27-19(2)3/h9-16,19,26H,4-8,17-18H2,1-3H3,(H,27,30)(H,28,29). The number of unbranched alkanes of at least 4 members (excludes halogenated alkanes) is 4. The minimum absolute atomic E-state index is 0.0881. The molecule has 0 saturated heterocycles. The molecule has 6 heteroatoms. The van der Waals surface area contributed by atoms with Crippen LogP contribution in [-0.2, 0) is 4.79 Å². The number of anilines is 2. The molecule has 0 fully saturated rings. The van der Waals surface area contributed by atoms with E-state index >= 15 is 0 Å². The van der Waals surface area contributed by atoms with E-state index in [2.05, 4.69) is 22.9 Å². The third kappa shape index (κ3) is 9.55. The van der Waals surface area contributed by atoms with E-state index in [0.29, 0.717) is 5.56 Å². The summed E-state index contributed by atoms with van der Waals surface area (Å²) < 4.78 is 5.75. The highest BCUT2D eigenvalue weighted by atomic mass is 16.5. The van der Waals surface area contributed by atoms with Gasteiger partial charge in [0.1, 0.15) is 5.75 Å². The second-order valence-corrected chi connectivity index (χ2v) is 7.89. The van der Waals surface area contributed by atoms with E-state index in [1.807, 2.05) is 38.1 Å². The van der Waals surface area contributed by atoms with E-state index in [4.69, 9.17) is 4.74 Å². The Hall–Kier alpha value is -3.02. The lowest BCUT2D eigenvalue weighted by Gasteiger charge is -2.11. The summed E-state index contributed by atoms with van der Waals surface area (Å²) in [7, 11) is 0. The van der Waals surface area contributed by atoms with Gasteiger partial charge in [-0.1, -0.05) is 32.6 Å². The van der Waals surface area contributed by atoms with Crippen LogP contribution in [0, 0.1) is 0 Å². The molecule has 0 atom stereocenters. The minimum Gasteiger partial charge on any atom is -0.494 e. The first-order chi connectivity index (χ1) is 15.0. The van der Waals surface area contributed by atoms with Crippen LogP contribution in [0.5, 0.6) is 5.75 Å². The molecule has 0 radical (unpaired) electrons. The third-order valence-electron chi connectivity index (χ3n) is 4.67. The van der Waals surface area contributed by atoms with Crippen molar-refractivity contribution in [2.45, 2.75) is 58.9 Å². The fourth-order valence-corrected chi connectivity index (χ4v) is 3.00. The van der Waals surface area contributed by atoms with Gasteiger partial charge in [-0.25, -0.2) is 0 Å². The maximum atomic E-state index is 12.2. The molecule has 3 N–H and O–H groups in total. The Bertz CT molecular complexity index is 802. The van der Waals surface area contributed by atoms with E-state index in [9.17, 15) is 9.59 Å². The van der Waals surface area contributed by atoms with Gasteiger partial charge in [0.15, 0.2) is 0 Å². The zero-order valence-electron chi connectivity index (χ0n) is 18.9.